The lowest BCUT2D eigenvalue weighted by Gasteiger charge is -2.15. The minimum absolute atomic E-state index is 0.0155. The van der Waals surface area contributed by atoms with Crippen molar-refractivity contribution in [3.63, 3.8) is 0 Å². The van der Waals surface area contributed by atoms with E-state index in [-0.39, 0.29) is 16.0 Å². The summed E-state index contributed by atoms with van der Waals surface area (Å²) in [5, 5.41) is 5.56. The van der Waals surface area contributed by atoms with Crippen molar-refractivity contribution in [2.75, 3.05) is 50.8 Å². The summed E-state index contributed by atoms with van der Waals surface area (Å²) < 4.78 is 67.7. The number of anilines is 2. The summed E-state index contributed by atoms with van der Waals surface area (Å²) in [5.74, 6) is 1.67. The van der Waals surface area contributed by atoms with Crippen LogP contribution >= 0.6 is 15.9 Å². The molecule has 10 nitrogen and oxygen atoms in total. The van der Waals surface area contributed by atoms with E-state index in [0.717, 1.165) is 6.07 Å². The number of alkyl halides is 3. The third-order valence-electron chi connectivity index (χ3n) is 5.96. The molecule has 0 unspecified atom stereocenters. The van der Waals surface area contributed by atoms with Crippen LogP contribution in [-0.2, 0) is 15.7 Å². The SMILES string of the molecule is CCOCCCOc1cc2ncnc(Oc3ccc(NC(=O)Nc4ccc(Br)c(C(F)(F)F)c4)cc3)c2cc1OCCOC. The molecule has 0 atom stereocenters. The number of nitrogens with one attached hydrogen (secondary N) is 2. The highest BCUT2D eigenvalue weighted by atomic mass is 79.9. The first kappa shape index (κ1) is 32.8. The van der Waals surface area contributed by atoms with E-state index in [1.807, 2.05) is 6.92 Å². The Bertz CT molecular complexity index is 1560. The standard InChI is InChI=1S/C30H30BrF3N4O6/c1-3-41-11-4-12-42-27-17-25-22(16-26(27)43-14-13-40-2)28(36-18-35-25)44-21-8-5-19(6-9-21)37-29(39)38-20-7-10-24(31)23(15-20)30(32,33)34/h5-10,15-18H,3-4,11-14H2,1-2H3,(H2,37,38,39). The van der Waals surface area contributed by atoms with Gasteiger partial charge in [0.1, 0.15) is 18.7 Å². The van der Waals surface area contributed by atoms with Crippen molar-refractivity contribution >= 4 is 44.2 Å². The van der Waals surface area contributed by atoms with Crippen molar-refractivity contribution in [2.45, 2.75) is 19.5 Å². The van der Waals surface area contributed by atoms with Crippen molar-refractivity contribution in [3.8, 4) is 23.1 Å². The van der Waals surface area contributed by atoms with Gasteiger partial charge in [0.2, 0.25) is 5.88 Å². The summed E-state index contributed by atoms with van der Waals surface area (Å²) in [7, 11) is 1.58. The number of ether oxygens (including phenoxy) is 5. The number of carbonyl (C=O) groups excluding carboxylic acids is 1. The zero-order valence-electron chi connectivity index (χ0n) is 23.9. The van der Waals surface area contributed by atoms with E-state index in [1.165, 1.54) is 18.5 Å². The molecule has 44 heavy (non-hydrogen) atoms. The maximum atomic E-state index is 13.2. The number of rotatable bonds is 14. The molecule has 0 fully saturated rings. The molecule has 0 saturated heterocycles. The predicted octanol–water partition coefficient (Wildman–Crippen LogP) is 7.68. The number of nitrogens with zero attached hydrogens (tertiary/aromatic N) is 2. The summed E-state index contributed by atoms with van der Waals surface area (Å²) in [6, 6.07) is 12.6. The third-order valence-corrected chi connectivity index (χ3v) is 6.65. The maximum absolute atomic E-state index is 13.2. The Morgan fingerprint density at radius 1 is 0.886 bits per heavy atom. The van der Waals surface area contributed by atoms with Gasteiger partial charge in [-0.15, -0.1) is 0 Å². The van der Waals surface area contributed by atoms with E-state index in [4.69, 9.17) is 23.7 Å². The van der Waals surface area contributed by atoms with Crippen LogP contribution in [0, 0.1) is 0 Å². The van der Waals surface area contributed by atoms with E-state index in [9.17, 15) is 18.0 Å². The van der Waals surface area contributed by atoms with E-state index in [2.05, 4.69) is 36.5 Å². The summed E-state index contributed by atoms with van der Waals surface area (Å²) in [6.45, 7) is 4.26. The average molecular weight is 679 g/mol. The number of aromatic nitrogens is 2. The van der Waals surface area contributed by atoms with Crippen LogP contribution in [0.4, 0.5) is 29.3 Å². The van der Waals surface area contributed by atoms with Crippen LogP contribution in [0.1, 0.15) is 18.9 Å². The Morgan fingerprint density at radius 3 is 2.32 bits per heavy atom. The van der Waals surface area contributed by atoms with Crippen LogP contribution in [0.5, 0.6) is 23.1 Å². The van der Waals surface area contributed by atoms with Gasteiger partial charge in [-0.05, 0) is 55.5 Å². The number of urea groups is 1. The largest absolute Gasteiger partial charge is 0.490 e. The van der Waals surface area contributed by atoms with Gasteiger partial charge in [-0.2, -0.15) is 13.2 Å². The van der Waals surface area contributed by atoms with Crippen molar-refractivity contribution in [2.24, 2.45) is 0 Å². The van der Waals surface area contributed by atoms with E-state index in [0.29, 0.717) is 73.3 Å². The Hall–Kier alpha value is -4.14. The molecule has 2 amide bonds. The zero-order chi connectivity index (χ0) is 31.5. The Morgan fingerprint density at radius 2 is 1.59 bits per heavy atom. The molecular weight excluding hydrogens is 649 g/mol. The Balaban J connectivity index is 1.45. The van der Waals surface area contributed by atoms with E-state index < -0.39 is 17.8 Å². The lowest BCUT2D eigenvalue weighted by molar-refractivity contribution is -0.138. The molecule has 3 aromatic carbocycles. The molecule has 1 heterocycles. The molecule has 0 aliphatic rings. The minimum atomic E-state index is -4.57. The van der Waals surface area contributed by atoms with Crippen LogP contribution in [0.3, 0.4) is 0 Å². The molecule has 0 aliphatic carbocycles. The molecule has 14 heteroatoms. The van der Waals surface area contributed by atoms with Crippen LogP contribution in [0.25, 0.3) is 10.9 Å². The predicted molar refractivity (Wildman–Crippen MR) is 162 cm³/mol. The molecule has 0 bridgehead atoms. The second-order valence-corrected chi connectivity index (χ2v) is 9.99. The van der Waals surface area contributed by atoms with Crippen molar-refractivity contribution < 1.29 is 41.7 Å². The molecule has 0 saturated carbocycles. The number of hydrogen-bond donors (Lipinski definition) is 2. The third kappa shape index (κ3) is 9.18. The topological polar surface area (TPSA) is 113 Å². The highest BCUT2D eigenvalue weighted by Gasteiger charge is 2.33. The number of hydrogen-bond acceptors (Lipinski definition) is 8. The maximum Gasteiger partial charge on any atom is 0.417 e. The van der Waals surface area contributed by atoms with Crippen molar-refractivity contribution in [1.82, 2.24) is 9.97 Å². The summed E-state index contributed by atoms with van der Waals surface area (Å²) in [6.07, 6.45) is -2.50. The van der Waals surface area contributed by atoms with Gasteiger partial charge in [0.25, 0.3) is 0 Å². The summed E-state index contributed by atoms with van der Waals surface area (Å²) >= 11 is 2.88. The molecule has 2 N–H and O–H groups in total. The summed E-state index contributed by atoms with van der Waals surface area (Å²) in [5.41, 5.74) is 0.0446. The van der Waals surface area contributed by atoms with Gasteiger partial charge in [0.05, 0.1) is 29.7 Å². The molecule has 0 aliphatic heterocycles. The van der Waals surface area contributed by atoms with Gasteiger partial charge in [0, 0.05) is 48.7 Å². The first-order valence-electron chi connectivity index (χ1n) is 13.5. The summed E-state index contributed by atoms with van der Waals surface area (Å²) in [4.78, 5) is 21.0. The monoisotopic (exact) mass is 678 g/mol. The highest BCUT2D eigenvalue weighted by Crippen LogP contribution is 2.37. The van der Waals surface area contributed by atoms with Gasteiger partial charge < -0.3 is 34.3 Å². The fraction of sp³-hybridized carbons (Fsp3) is 0.300. The van der Waals surface area contributed by atoms with Crippen LogP contribution in [-0.4, -0.2) is 56.1 Å². The van der Waals surface area contributed by atoms with Gasteiger partial charge in [-0.1, -0.05) is 15.9 Å². The van der Waals surface area contributed by atoms with Gasteiger partial charge in [0.15, 0.2) is 11.5 Å². The number of carbonyl (C=O) groups is 1. The number of benzene rings is 3. The molecule has 4 aromatic rings. The number of methoxy groups -OCH3 is 1. The molecular formula is C30H30BrF3N4O6. The van der Waals surface area contributed by atoms with Crippen molar-refractivity contribution in [3.05, 3.63) is 71.0 Å². The lowest BCUT2D eigenvalue weighted by Crippen LogP contribution is -2.19. The van der Waals surface area contributed by atoms with Gasteiger partial charge in [-0.3, -0.25) is 0 Å². The molecule has 234 valence electrons. The molecule has 0 spiro atoms. The van der Waals surface area contributed by atoms with Crippen molar-refractivity contribution in [1.29, 1.82) is 0 Å². The quantitative estimate of drug-likeness (QED) is 0.131. The van der Waals surface area contributed by atoms with Crippen LogP contribution < -0.4 is 24.8 Å². The Labute approximate surface area is 260 Å². The Kier molecular flexibility index (Phi) is 11.6. The smallest absolute Gasteiger partial charge is 0.417 e. The second-order valence-electron chi connectivity index (χ2n) is 9.13. The highest BCUT2D eigenvalue weighted by molar-refractivity contribution is 9.10. The van der Waals surface area contributed by atoms with Crippen LogP contribution in [0.2, 0.25) is 0 Å². The minimum Gasteiger partial charge on any atom is -0.490 e. The number of fused-ring (bicyclic) bond motifs is 1. The number of amides is 2. The zero-order valence-corrected chi connectivity index (χ0v) is 25.5. The fourth-order valence-electron chi connectivity index (χ4n) is 3.90. The second kappa shape index (κ2) is 15.5. The van der Waals surface area contributed by atoms with Gasteiger partial charge in [-0.25, -0.2) is 14.8 Å². The average Bonchev–Trinajstić information content (AvgIpc) is 2.99. The first-order chi connectivity index (χ1) is 21.2. The van der Waals surface area contributed by atoms with E-state index in [1.54, 1.807) is 43.5 Å². The molecule has 0 radical (unpaired) electrons. The van der Waals surface area contributed by atoms with Gasteiger partial charge >= 0.3 is 12.2 Å². The molecule has 4 rings (SSSR count). The lowest BCUT2D eigenvalue weighted by atomic mass is 10.2. The fourth-order valence-corrected chi connectivity index (χ4v) is 4.37. The van der Waals surface area contributed by atoms with E-state index >= 15 is 0 Å². The normalized spacial score (nSPS) is 11.3. The van der Waals surface area contributed by atoms with Crippen LogP contribution in [0.15, 0.2) is 65.4 Å². The first-order valence-corrected chi connectivity index (χ1v) is 14.3. The number of halogens is 4. The molecule has 1 aromatic heterocycles.